The number of hydrogen-bond donors (Lipinski definition) is 3. The fraction of sp³-hybridized carbons (Fsp3) is 0.133. The normalized spacial score (nSPS) is 13.8. The van der Waals surface area contributed by atoms with Crippen LogP contribution in [0.25, 0.3) is 0 Å². The molecule has 0 spiro atoms. The van der Waals surface area contributed by atoms with Crippen molar-refractivity contribution in [3.05, 3.63) is 71.3 Å². The molecule has 0 amide bonds. The van der Waals surface area contributed by atoms with Gasteiger partial charge in [0, 0.05) is 0 Å². The van der Waals surface area contributed by atoms with Crippen LogP contribution in [-0.4, -0.2) is 21.3 Å². The van der Waals surface area contributed by atoms with Gasteiger partial charge in [0.25, 0.3) is 0 Å². The molecule has 0 heterocycles. The molecule has 0 saturated carbocycles. The average Bonchev–Trinajstić information content (AvgIpc) is 2.46. The molecule has 4 heteroatoms. The Morgan fingerprint density at radius 1 is 0.789 bits per heavy atom. The summed E-state index contributed by atoms with van der Waals surface area (Å²) >= 11 is 0. The van der Waals surface area contributed by atoms with Gasteiger partial charge in [0.2, 0.25) is 0 Å². The van der Waals surface area contributed by atoms with Crippen LogP contribution < -0.4 is 0 Å². The highest BCUT2D eigenvalue weighted by atomic mass is 16.4. The summed E-state index contributed by atoms with van der Waals surface area (Å²) in [5, 5.41) is 28.9. The third-order valence-corrected chi connectivity index (χ3v) is 2.94. The predicted molar refractivity (Wildman–Crippen MR) is 69.8 cm³/mol. The van der Waals surface area contributed by atoms with Crippen molar-refractivity contribution >= 4 is 5.97 Å². The molecule has 2 unspecified atom stereocenters. The fourth-order valence-corrected chi connectivity index (χ4v) is 1.84. The van der Waals surface area contributed by atoms with E-state index < -0.39 is 18.2 Å². The molecule has 2 aromatic rings. The summed E-state index contributed by atoms with van der Waals surface area (Å²) in [5.41, 5.74) is 1.23. The average molecular weight is 258 g/mol. The summed E-state index contributed by atoms with van der Waals surface area (Å²) in [4.78, 5) is 10.7. The summed E-state index contributed by atoms with van der Waals surface area (Å²) in [7, 11) is 0. The van der Waals surface area contributed by atoms with Crippen molar-refractivity contribution < 1.29 is 20.1 Å². The van der Waals surface area contributed by atoms with Gasteiger partial charge in [-0.2, -0.15) is 0 Å². The number of aliphatic hydroxyl groups is 2. The minimum absolute atomic E-state index is 0.144. The molecule has 0 radical (unpaired) electrons. The highest BCUT2D eigenvalue weighted by Crippen LogP contribution is 2.28. The molecule has 0 fully saturated rings. The van der Waals surface area contributed by atoms with Crippen LogP contribution in [0.1, 0.15) is 33.7 Å². The Kier molecular flexibility index (Phi) is 3.94. The van der Waals surface area contributed by atoms with Crippen LogP contribution in [0.4, 0.5) is 0 Å². The van der Waals surface area contributed by atoms with E-state index in [1.807, 2.05) is 6.07 Å². The summed E-state index contributed by atoms with van der Waals surface area (Å²) in [6.45, 7) is 0. The van der Waals surface area contributed by atoms with Gasteiger partial charge in [-0.25, -0.2) is 4.79 Å². The minimum Gasteiger partial charge on any atom is -0.478 e. The van der Waals surface area contributed by atoms with Crippen LogP contribution in [-0.2, 0) is 0 Å². The second kappa shape index (κ2) is 5.65. The summed E-state index contributed by atoms with van der Waals surface area (Å²) in [6, 6.07) is 14.6. The molecule has 0 aliphatic heterocycles. The second-order valence-corrected chi connectivity index (χ2v) is 4.23. The maximum Gasteiger partial charge on any atom is 0.335 e. The maximum absolute atomic E-state index is 10.7. The van der Waals surface area contributed by atoms with Crippen LogP contribution in [0, 0.1) is 0 Å². The molecule has 0 bridgehead atoms. The van der Waals surface area contributed by atoms with Gasteiger partial charge in [0.05, 0.1) is 5.56 Å². The molecule has 4 nitrogen and oxygen atoms in total. The van der Waals surface area contributed by atoms with Gasteiger partial charge in [-0.15, -0.1) is 0 Å². The van der Waals surface area contributed by atoms with Crippen LogP contribution in [0.2, 0.25) is 0 Å². The monoisotopic (exact) mass is 258 g/mol. The Labute approximate surface area is 110 Å². The van der Waals surface area contributed by atoms with Crippen LogP contribution in [0.5, 0.6) is 0 Å². The molecule has 0 saturated heterocycles. The van der Waals surface area contributed by atoms with Crippen molar-refractivity contribution in [3.8, 4) is 0 Å². The Balaban J connectivity index is 2.19. The second-order valence-electron chi connectivity index (χ2n) is 4.23. The van der Waals surface area contributed by atoms with Gasteiger partial charge in [0.1, 0.15) is 12.2 Å². The molecule has 0 aromatic heterocycles. The third kappa shape index (κ3) is 2.99. The molecular formula is C15H14O4. The Morgan fingerprint density at radius 3 is 1.74 bits per heavy atom. The molecule has 0 aliphatic rings. The van der Waals surface area contributed by atoms with Gasteiger partial charge in [-0.3, -0.25) is 0 Å². The summed E-state index contributed by atoms with van der Waals surface area (Å²) in [6.07, 6.45) is -2.14. The molecule has 2 aromatic carbocycles. The SMILES string of the molecule is O=C(O)c1ccc(C(O)C(O)c2ccccc2)cc1. The smallest absolute Gasteiger partial charge is 0.335 e. The van der Waals surface area contributed by atoms with E-state index in [1.165, 1.54) is 24.3 Å². The number of benzene rings is 2. The first kappa shape index (κ1) is 13.3. The first-order chi connectivity index (χ1) is 9.09. The van der Waals surface area contributed by atoms with E-state index >= 15 is 0 Å². The number of carbonyl (C=O) groups is 1. The molecule has 19 heavy (non-hydrogen) atoms. The van der Waals surface area contributed by atoms with E-state index in [2.05, 4.69) is 0 Å². The fourth-order valence-electron chi connectivity index (χ4n) is 1.84. The van der Waals surface area contributed by atoms with E-state index in [0.717, 1.165) is 0 Å². The lowest BCUT2D eigenvalue weighted by Gasteiger charge is -2.18. The van der Waals surface area contributed by atoms with Gasteiger partial charge in [-0.1, -0.05) is 42.5 Å². The van der Waals surface area contributed by atoms with Crippen molar-refractivity contribution in [2.24, 2.45) is 0 Å². The maximum atomic E-state index is 10.7. The Hall–Kier alpha value is -2.17. The zero-order valence-electron chi connectivity index (χ0n) is 10.1. The van der Waals surface area contributed by atoms with Crippen LogP contribution >= 0.6 is 0 Å². The first-order valence-corrected chi connectivity index (χ1v) is 5.84. The number of carboxylic acid groups (broad SMARTS) is 1. The van der Waals surface area contributed by atoms with Crippen molar-refractivity contribution in [3.63, 3.8) is 0 Å². The Morgan fingerprint density at radius 2 is 1.26 bits per heavy atom. The zero-order chi connectivity index (χ0) is 13.8. The summed E-state index contributed by atoms with van der Waals surface area (Å²) in [5.74, 6) is -1.02. The van der Waals surface area contributed by atoms with Gasteiger partial charge in [-0.05, 0) is 23.3 Å². The van der Waals surface area contributed by atoms with Crippen LogP contribution in [0.15, 0.2) is 54.6 Å². The van der Waals surface area contributed by atoms with Crippen molar-refractivity contribution in [1.29, 1.82) is 0 Å². The van der Waals surface area contributed by atoms with Crippen molar-refractivity contribution in [1.82, 2.24) is 0 Å². The van der Waals surface area contributed by atoms with Crippen molar-refractivity contribution in [2.45, 2.75) is 12.2 Å². The number of aliphatic hydroxyl groups excluding tert-OH is 2. The van der Waals surface area contributed by atoms with Gasteiger partial charge in [0.15, 0.2) is 0 Å². The molecule has 0 aliphatic carbocycles. The minimum atomic E-state index is -1.09. The quantitative estimate of drug-likeness (QED) is 0.785. The van der Waals surface area contributed by atoms with E-state index in [4.69, 9.17) is 5.11 Å². The lowest BCUT2D eigenvalue weighted by Crippen LogP contribution is -2.10. The highest BCUT2D eigenvalue weighted by molar-refractivity contribution is 5.87. The lowest BCUT2D eigenvalue weighted by molar-refractivity contribution is 0.0172. The highest BCUT2D eigenvalue weighted by Gasteiger charge is 2.20. The Bertz CT molecular complexity index is 548. The standard InChI is InChI=1S/C15H14O4/c16-13(10-4-2-1-3-5-10)14(17)11-6-8-12(9-7-11)15(18)19/h1-9,13-14,16-17H,(H,18,19). The predicted octanol–water partition coefficient (Wildman–Crippen LogP) is 2.15. The topological polar surface area (TPSA) is 77.8 Å². The molecule has 3 N–H and O–H groups in total. The van der Waals surface area contributed by atoms with E-state index in [1.54, 1.807) is 24.3 Å². The number of aromatic carboxylic acids is 1. The van der Waals surface area contributed by atoms with Gasteiger partial charge >= 0.3 is 5.97 Å². The molecule has 2 rings (SSSR count). The number of hydrogen-bond acceptors (Lipinski definition) is 3. The van der Waals surface area contributed by atoms with Crippen LogP contribution in [0.3, 0.4) is 0 Å². The number of rotatable bonds is 4. The molecule has 2 atom stereocenters. The van der Waals surface area contributed by atoms with Crippen molar-refractivity contribution in [2.75, 3.05) is 0 Å². The van der Waals surface area contributed by atoms with E-state index in [0.29, 0.717) is 11.1 Å². The van der Waals surface area contributed by atoms with E-state index in [9.17, 15) is 15.0 Å². The number of carboxylic acids is 1. The summed E-state index contributed by atoms with van der Waals surface area (Å²) < 4.78 is 0. The third-order valence-electron chi connectivity index (χ3n) is 2.94. The first-order valence-electron chi connectivity index (χ1n) is 5.84. The van der Waals surface area contributed by atoms with Gasteiger partial charge < -0.3 is 15.3 Å². The molecular weight excluding hydrogens is 244 g/mol. The van der Waals surface area contributed by atoms with E-state index in [-0.39, 0.29) is 5.56 Å². The molecule has 98 valence electrons. The largest absolute Gasteiger partial charge is 0.478 e. The lowest BCUT2D eigenvalue weighted by atomic mass is 9.97. The zero-order valence-corrected chi connectivity index (χ0v) is 10.1.